The lowest BCUT2D eigenvalue weighted by molar-refractivity contribution is -0.388. The maximum Gasteiger partial charge on any atom is 0.423 e. The summed E-state index contributed by atoms with van der Waals surface area (Å²) in [5.41, 5.74) is -4.89. The van der Waals surface area contributed by atoms with Crippen LogP contribution in [0.3, 0.4) is 0 Å². The second-order valence-electron chi connectivity index (χ2n) is 9.75. The third kappa shape index (κ3) is 8.76. The number of carbonyl (C=O) groups excluding carboxylic acids is 2. The molecule has 1 atom stereocenters. The van der Waals surface area contributed by atoms with Gasteiger partial charge >= 0.3 is 12.2 Å². The van der Waals surface area contributed by atoms with Gasteiger partial charge in [0, 0.05) is 18.0 Å². The average molecular weight is 615 g/mol. The quantitative estimate of drug-likeness (QED) is 0.227. The highest BCUT2D eigenvalue weighted by Gasteiger charge is 2.39. The first-order chi connectivity index (χ1) is 19.1. The lowest BCUT2D eigenvalue weighted by atomic mass is 10.0. The van der Waals surface area contributed by atoms with E-state index in [2.05, 4.69) is 10.6 Å². The monoisotopic (exact) mass is 614 g/mol. The molecule has 0 aromatic heterocycles. The van der Waals surface area contributed by atoms with Gasteiger partial charge in [-0.05, 0) is 55.7 Å². The number of alkyl halides is 3. The van der Waals surface area contributed by atoms with Crippen LogP contribution in [0.4, 0.5) is 29.3 Å². The first-order valence-electron chi connectivity index (χ1n) is 12.6. The van der Waals surface area contributed by atoms with Crippen LogP contribution in [-0.2, 0) is 20.8 Å². The molecule has 1 saturated carbocycles. The molecular formula is C27H33F3N4O7S. The molecule has 1 aliphatic carbocycles. The molecule has 3 rings (SSSR count). The number of halogens is 3. The smallest absolute Gasteiger partial charge is 0.378 e. The van der Waals surface area contributed by atoms with Crippen molar-refractivity contribution in [2.24, 2.45) is 0 Å². The van der Waals surface area contributed by atoms with Gasteiger partial charge in [-0.3, -0.25) is 14.9 Å². The van der Waals surface area contributed by atoms with Crippen molar-refractivity contribution in [2.45, 2.75) is 68.4 Å². The molecular weight excluding hydrogens is 581 g/mol. The Morgan fingerprint density at radius 1 is 1.10 bits per heavy atom. The molecule has 4 N–H and O–H groups in total. The highest BCUT2D eigenvalue weighted by molar-refractivity contribution is 7.92. The minimum absolute atomic E-state index is 0. The molecule has 0 spiro atoms. The lowest BCUT2D eigenvalue weighted by Crippen LogP contribution is -2.50. The zero-order valence-corrected chi connectivity index (χ0v) is 22.7. The first-order valence-corrected chi connectivity index (χ1v) is 14.1. The fourth-order valence-corrected chi connectivity index (χ4v) is 6.05. The number of hydrogen-bond donors (Lipinski definition) is 4. The summed E-state index contributed by atoms with van der Waals surface area (Å²) < 4.78 is 65.1. The van der Waals surface area contributed by atoms with Gasteiger partial charge in [0.1, 0.15) is 5.56 Å². The van der Waals surface area contributed by atoms with Crippen LogP contribution in [0.2, 0.25) is 0 Å². The van der Waals surface area contributed by atoms with Crippen LogP contribution in [0.25, 0.3) is 6.08 Å². The normalized spacial score (nSPS) is 15.7. The van der Waals surface area contributed by atoms with E-state index in [4.69, 9.17) is 0 Å². The molecule has 230 valence electrons. The van der Waals surface area contributed by atoms with Crippen molar-refractivity contribution < 1.29 is 41.2 Å². The van der Waals surface area contributed by atoms with Crippen LogP contribution >= 0.6 is 0 Å². The van der Waals surface area contributed by atoms with E-state index in [0.717, 1.165) is 32.3 Å². The summed E-state index contributed by atoms with van der Waals surface area (Å²) in [6.45, 7) is 0.378. The Hall–Kier alpha value is -3.98. The lowest BCUT2D eigenvalue weighted by Gasteiger charge is -2.23. The van der Waals surface area contributed by atoms with Crippen molar-refractivity contribution >= 4 is 39.2 Å². The third-order valence-electron chi connectivity index (χ3n) is 6.53. The molecule has 0 heterocycles. The predicted molar refractivity (Wildman–Crippen MR) is 150 cm³/mol. The third-order valence-corrected chi connectivity index (χ3v) is 8.81. The van der Waals surface area contributed by atoms with E-state index >= 15 is 0 Å². The van der Waals surface area contributed by atoms with Gasteiger partial charge in [0.25, 0.3) is 11.6 Å². The Kier molecular flexibility index (Phi) is 11.2. The second-order valence-corrected chi connectivity index (χ2v) is 12.0. The van der Waals surface area contributed by atoms with E-state index in [-0.39, 0.29) is 17.6 Å². The first kappa shape index (κ1) is 34.2. The van der Waals surface area contributed by atoms with Crippen LogP contribution in [0.5, 0.6) is 0 Å². The van der Waals surface area contributed by atoms with Gasteiger partial charge in [-0.2, -0.15) is 13.2 Å². The number of aliphatic hydroxyl groups is 1. The summed E-state index contributed by atoms with van der Waals surface area (Å²) >= 11 is 0. The van der Waals surface area contributed by atoms with Gasteiger partial charge in [0.15, 0.2) is 15.4 Å². The number of carbonyl (C=O) groups is 2. The number of sulfone groups is 1. The minimum atomic E-state index is -5.06. The molecule has 1 fully saturated rings. The Morgan fingerprint density at radius 2 is 1.71 bits per heavy atom. The van der Waals surface area contributed by atoms with Gasteiger partial charge in [0.05, 0.1) is 21.6 Å². The number of anilines is 1. The summed E-state index contributed by atoms with van der Waals surface area (Å²) in [5.74, 6) is -1.17. The van der Waals surface area contributed by atoms with Gasteiger partial charge in [-0.25, -0.2) is 13.2 Å². The van der Waals surface area contributed by atoms with Gasteiger partial charge in [-0.15, -0.1) is 0 Å². The summed E-state index contributed by atoms with van der Waals surface area (Å²) in [6, 6.07) is 7.19. The van der Waals surface area contributed by atoms with Gasteiger partial charge in [0.2, 0.25) is 0 Å². The fraction of sp³-hybridized carbons (Fsp3) is 0.407. The standard InChI is InChI=1S/C26H29F3N4O7S.CH4/c1-25(36,23(34)32-18-9-12-22(33(37)38)21(15-18)26(27,28)29)16-31-24(35)30-14-13-17-7-10-20(11-8-17)41(39,40)19-5-3-2-4-6-19;/h7-15,19,36H,2-6,16H2,1H3,(H,32,34)(H2,30,31,35);1H4/b14-13+;. The Balaban J connectivity index is 0.00000616. The summed E-state index contributed by atoms with van der Waals surface area (Å²) in [4.78, 5) is 34.4. The van der Waals surface area contributed by atoms with E-state index in [1.54, 1.807) is 12.1 Å². The van der Waals surface area contributed by atoms with Crippen LogP contribution in [-0.4, -0.2) is 47.8 Å². The maximum absolute atomic E-state index is 13.2. The Bertz CT molecular complexity index is 1420. The van der Waals surface area contributed by atoms with Crippen molar-refractivity contribution in [3.63, 3.8) is 0 Å². The number of nitro benzene ring substituents is 1. The second kappa shape index (κ2) is 13.8. The number of nitrogens with one attached hydrogen (secondary N) is 3. The molecule has 3 amide bonds. The molecule has 2 aromatic rings. The highest BCUT2D eigenvalue weighted by Crippen LogP contribution is 2.37. The topological polar surface area (TPSA) is 168 Å². The minimum Gasteiger partial charge on any atom is -0.378 e. The molecule has 0 radical (unpaired) electrons. The van der Waals surface area contributed by atoms with Gasteiger partial charge < -0.3 is 21.1 Å². The largest absolute Gasteiger partial charge is 0.423 e. The van der Waals surface area contributed by atoms with Gasteiger partial charge in [-0.1, -0.05) is 38.8 Å². The molecule has 1 aliphatic rings. The number of urea groups is 1. The van der Waals surface area contributed by atoms with Crippen LogP contribution in [0.1, 0.15) is 57.6 Å². The molecule has 0 aliphatic heterocycles. The number of hydrogen-bond acceptors (Lipinski definition) is 7. The molecule has 42 heavy (non-hydrogen) atoms. The van der Waals surface area contributed by atoms with Crippen LogP contribution in [0, 0.1) is 10.1 Å². The van der Waals surface area contributed by atoms with Crippen molar-refractivity contribution in [2.75, 3.05) is 11.9 Å². The Morgan fingerprint density at radius 3 is 2.29 bits per heavy atom. The van der Waals surface area contributed by atoms with E-state index in [0.29, 0.717) is 30.5 Å². The zero-order valence-electron chi connectivity index (χ0n) is 21.9. The molecule has 0 saturated heterocycles. The van der Waals surface area contributed by atoms with Crippen molar-refractivity contribution in [3.8, 4) is 0 Å². The maximum atomic E-state index is 13.2. The SMILES string of the molecule is C.CC(O)(CNC(=O)N/C=C/c1ccc(S(=O)(=O)C2CCCCC2)cc1)C(=O)Nc1ccc([N+](=O)[O-])c(C(F)(F)F)c1. The van der Waals surface area contributed by atoms with Crippen molar-refractivity contribution in [3.05, 3.63) is 69.9 Å². The molecule has 0 bridgehead atoms. The summed E-state index contributed by atoms with van der Waals surface area (Å²) in [7, 11) is -3.41. The number of benzene rings is 2. The molecule has 1 unspecified atom stereocenters. The van der Waals surface area contributed by atoms with E-state index in [1.807, 2.05) is 5.32 Å². The van der Waals surface area contributed by atoms with E-state index < -0.39 is 62.0 Å². The number of amides is 3. The average Bonchev–Trinajstić information content (AvgIpc) is 2.92. The molecule has 2 aromatic carbocycles. The van der Waals surface area contributed by atoms with Crippen LogP contribution in [0.15, 0.2) is 53.6 Å². The number of nitro groups is 1. The van der Waals surface area contributed by atoms with E-state index in [9.17, 15) is 46.4 Å². The molecule has 15 heteroatoms. The number of nitrogens with zero attached hydrogens (tertiary/aromatic N) is 1. The van der Waals surface area contributed by atoms with Crippen molar-refractivity contribution in [1.82, 2.24) is 10.6 Å². The summed E-state index contributed by atoms with van der Waals surface area (Å²) in [5, 5.41) is 27.5. The summed E-state index contributed by atoms with van der Waals surface area (Å²) in [6.07, 6.45) is 1.80. The zero-order chi connectivity index (χ0) is 30.4. The highest BCUT2D eigenvalue weighted by atomic mass is 32.2. The molecule has 11 nitrogen and oxygen atoms in total. The van der Waals surface area contributed by atoms with E-state index in [1.165, 1.54) is 24.4 Å². The number of rotatable bonds is 9. The van der Waals surface area contributed by atoms with Crippen LogP contribution < -0.4 is 16.0 Å². The predicted octanol–water partition coefficient (Wildman–Crippen LogP) is 5.02. The Labute approximate surface area is 241 Å². The fourth-order valence-electron chi connectivity index (χ4n) is 4.20. The van der Waals surface area contributed by atoms with Crippen molar-refractivity contribution in [1.29, 1.82) is 0 Å².